The summed E-state index contributed by atoms with van der Waals surface area (Å²) in [5, 5.41) is 40.7. The lowest BCUT2D eigenvalue weighted by molar-refractivity contribution is 0.388. The van der Waals surface area contributed by atoms with Gasteiger partial charge in [-0.25, -0.2) is 8.42 Å². The summed E-state index contributed by atoms with van der Waals surface area (Å²) in [7, 11) is -10.5. The van der Waals surface area contributed by atoms with Gasteiger partial charge in [-0.15, -0.1) is 20.5 Å². The fourth-order valence-corrected chi connectivity index (χ4v) is 6.58. The van der Waals surface area contributed by atoms with Gasteiger partial charge in [0.25, 0.3) is 20.2 Å². The van der Waals surface area contributed by atoms with Crippen molar-refractivity contribution < 1.29 is 54.0 Å². The number of hydrogen-bond donors (Lipinski definition) is 5. The van der Waals surface area contributed by atoms with Crippen molar-refractivity contribution in [1.82, 2.24) is 0 Å². The van der Waals surface area contributed by atoms with Crippen molar-refractivity contribution >= 4 is 69.3 Å². The fraction of sp³-hybridized carbons (Fsp3) is 0.214. The van der Waals surface area contributed by atoms with Gasteiger partial charge in [0.1, 0.15) is 50.8 Å². The SMILES string of the molecule is CCS(=O)(=O)c1cc(O)c(N=Nc2ccc3c(N=Nc4cc(OC)c(S(=O)(=O)O)cc4OC)c(NCS(=O)(=O)O)ccc3c2O)cc1C. The van der Waals surface area contributed by atoms with E-state index < -0.39 is 52.3 Å². The van der Waals surface area contributed by atoms with Crippen LogP contribution in [0.2, 0.25) is 0 Å². The molecule has 0 bridgehead atoms. The van der Waals surface area contributed by atoms with Crippen LogP contribution in [0.15, 0.2) is 78.8 Å². The summed E-state index contributed by atoms with van der Waals surface area (Å²) in [6.07, 6.45) is 0. The average molecular weight is 724 g/mol. The van der Waals surface area contributed by atoms with E-state index >= 15 is 0 Å². The summed E-state index contributed by atoms with van der Waals surface area (Å²) < 4.78 is 100. The van der Waals surface area contributed by atoms with Crippen LogP contribution in [0.4, 0.5) is 28.4 Å². The van der Waals surface area contributed by atoms with Gasteiger partial charge >= 0.3 is 0 Å². The van der Waals surface area contributed by atoms with Gasteiger partial charge in [-0.3, -0.25) is 9.11 Å². The summed E-state index contributed by atoms with van der Waals surface area (Å²) >= 11 is 0. The lowest BCUT2D eigenvalue weighted by atomic mass is 10.1. The van der Waals surface area contributed by atoms with Crippen molar-refractivity contribution in [1.29, 1.82) is 0 Å². The smallest absolute Gasteiger partial charge is 0.298 e. The highest BCUT2D eigenvalue weighted by Crippen LogP contribution is 2.45. The Bertz CT molecular complexity index is 2310. The number of hydrogen-bond acceptors (Lipinski definition) is 15. The van der Waals surface area contributed by atoms with Crippen LogP contribution < -0.4 is 14.8 Å². The summed E-state index contributed by atoms with van der Waals surface area (Å²) in [6.45, 7) is 3.01. The van der Waals surface area contributed by atoms with E-state index in [1.54, 1.807) is 0 Å². The number of aromatic hydroxyl groups is 2. The molecule has 0 spiro atoms. The number of ether oxygens (including phenoxy) is 2. The first-order chi connectivity index (χ1) is 22.4. The second-order valence-electron chi connectivity index (χ2n) is 9.95. The highest BCUT2D eigenvalue weighted by molar-refractivity contribution is 7.91. The molecule has 0 aliphatic carbocycles. The van der Waals surface area contributed by atoms with Crippen LogP contribution in [0, 0.1) is 6.92 Å². The molecule has 5 N–H and O–H groups in total. The molecular weight excluding hydrogens is 695 g/mol. The van der Waals surface area contributed by atoms with E-state index in [-0.39, 0.29) is 61.4 Å². The summed E-state index contributed by atoms with van der Waals surface area (Å²) in [5.74, 6) is -2.37. The molecule has 0 saturated carbocycles. The van der Waals surface area contributed by atoms with Crippen molar-refractivity contribution in [3.05, 3.63) is 54.1 Å². The van der Waals surface area contributed by atoms with Crippen LogP contribution in [0.25, 0.3) is 10.8 Å². The Labute approximate surface area is 275 Å². The van der Waals surface area contributed by atoms with E-state index in [4.69, 9.17) is 9.47 Å². The fourth-order valence-electron chi connectivity index (χ4n) is 4.44. The van der Waals surface area contributed by atoms with Crippen LogP contribution in [0.5, 0.6) is 23.0 Å². The summed E-state index contributed by atoms with van der Waals surface area (Å²) in [4.78, 5) is -0.654. The molecule has 20 heteroatoms. The number of benzene rings is 4. The van der Waals surface area contributed by atoms with Crippen LogP contribution >= 0.6 is 0 Å². The molecule has 0 aromatic heterocycles. The van der Waals surface area contributed by atoms with Crippen molar-refractivity contribution in [2.75, 3.05) is 31.2 Å². The minimum absolute atomic E-state index is 0.0423. The molecule has 4 aromatic carbocycles. The highest BCUT2D eigenvalue weighted by atomic mass is 32.2. The largest absolute Gasteiger partial charge is 0.506 e. The van der Waals surface area contributed by atoms with E-state index in [9.17, 15) is 44.6 Å². The second kappa shape index (κ2) is 13.7. The van der Waals surface area contributed by atoms with Crippen molar-refractivity contribution in [3.63, 3.8) is 0 Å². The molecule has 48 heavy (non-hydrogen) atoms. The van der Waals surface area contributed by atoms with E-state index in [0.717, 1.165) is 25.3 Å². The van der Waals surface area contributed by atoms with Crippen LogP contribution in [-0.4, -0.2) is 70.4 Å². The minimum Gasteiger partial charge on any atom is -0.506 e. The summed E-state index contributed by atoms with van der Waals surface area (Å²) in [6, 6.07) is 9.99. The zero-order valence-corrected chi connectivity index (χ0v) is 28.1. The lowest BCUT2D eigenvalue weighted by Crippen LogP contribution is -2.13. The Kier molecular flexibility index (Phi) is 10.3. The van der Waals surface area contributed by atoms with E-state index in [1.165, 1.54) is 51.3 Å². The number of rotatable bonds is 12. The Balaban J connectivity index is 1.84. The number of phenolic OH excluding ortho intramolecular Hbond substituents is 2. The summed E-state index contributed by atoms with van der Waals surface area (Å²) in [5.41, 5.74) is 0.121. The van der Waals surface area contributed by atoms with E-state index in [0.29, 0.717) is 5.56 Å². The van der Waals surface area contributed by atoms with Gasteiger partial charge in [0.15, 0.2) is 15.6 Å². The van der Waals surface area contributed by atoms with E-state index in [2.05, 4.69) is 25.8 Å². The van der Waals surface area contributed by atoms with Gasteiger partial charge in [0.05, 0.1) is 30.6 Å². The van der Waals surface area contributed by atoms with Crippen molar-refractivity contribution in [3.8, 4) is 23.0 Å². The maximum absolute atomic E-state index is 12.3. The molecule has 4 rings (SSSR count). The predicted octanol–water partition coefficient (Wildman–Crippen LogP) is 5.70. The molecule has 0 fully saturated rings. The van der Waals surface area contributed by atoms with Gasteiger partial charge < -0.3 is 25.0 Å². The Morgan fingerprint density at radius 1 is 0.729 bits per heavy atom. The monoisotopic (exact) mass is 723 g/mol. The van der Waals surface area contributed by atoms with Crippen LogP contribution in [0.3, 0.4) is 0 Å². The molecular formula is C28H29N5O12S3. The number of nitrogens with one attached hydrogen (secondary N) is 1. The predicted molar refractivity (Wildman–Crippen MR) is 174 cm³/mol. The Morgan fingerprint density at radius 2 is 1.35 bits per heavy atom. The van der Waals surface area contributed by atoms with Crippen molar-refractivity contribution in [2.24, 2.45) is 20.5 Å². The molecule has 0 saturated heterocycles. The van der Waals surface area contributed by atoms with Crippen LogP contribution in [-0.2, 0) is 30.1 Å². The van der Waals surface area contributed by atoms with Gasteiger partial charge in [-0.05, 0) is 42.8 Å². The Morgan fingerprint density at radius 3 is 1.96 bits per heavy atom. The second-order valence-corrected chi connectivity index (χ2v) is 15.0. The van der Waals surface area contributed by atoms with E-state index in [1.807, 2.05) is 0 Å². The third-order valence-electron chi connectivity index (χ3n) is 6.82. The first-order valence-corrected chi connectivity index (χ1v) is 18.2. The molecule has 0 aliphatic heterocycles. The molecule has 0 heterocycles. The number of fused-ring (bicyclic) bond motifs is 1. The topological polar surface area (TPSA) is 263 Å². The highest BCUT2D eigenvalue weighted by Gasteiger charge is 2.22. The lowest BCUT2D eigenvalue weighted by Gasteiger charge is -2.13. The van der Waals surface area contributed by atoms with Gasteiger partial charge in [-0.2, -0.15) is 16.8 Å². The molecule has 17 nitrogen and oxygen atoms in total. The standard InChI is InChI=1S/C28H29N5O12S3/c1-5-46(36,37)25-12-22(34)20(10-15(25)2)31-30-19-9-6-16-17(28(19)35)7-8-18(29-14-47(38,39)40)27(16)33-32-21-11-24(45-4)26(48(41,42)43)13-23(21)44-3/h6-13,29,34-35H,5,14H2,1-4H3,(H,38,39,40)(H,41,42,43). The number of aryl methyl sites for hydroxylation is 1. The zero-order chi connectivity index (χ0) is 35.6. The van der Waals surface area contributed by atoms with Gasteiger partial charge in [0, 0.05) is 29.0 Å². The van der Waals surface area contributed by atoms with Crippen LogP contribution in [0.1, 0.15) is 12.5 Å². The quantitative estimate of drug-likeness (QED) is 0.0868. The first kappa shape index (κ1) is 36.0. The molecule has 0 unspecified atom stereocenters. The third kappa shape index (κ3) is 7.80. The molecule has 0 atom stereocenters. The number of azo groups is 2. The van der Waals surface area contributed by atoms with Crippen molar-refractivity contribution in [2.45, 2.75) is 23.6 Å². The molecule has 256 valence electrons. The molecule has 0 radical (unpaired) electrons. The zero-order valence-electron chi connectivity index (χ0n) is 25.6. The van der Waals surface area contributed by atoms with Gasteiger partial charge in [0.2, 0.25) is 0 Å². The number of anilines is 1. The Hall–Kier alpha value is -4.89. The third-order valence-corrected chi connectivity index (χ3v) is 10.1. The number of sulfone groups is 1. The first-order valence-electron chi connectivity index (χ1n) is 13.5. The maximum Gasteiger partial charge on any atom is 0.298 e. The maximum atomic E-state index is 12.3. The number of phenols is 2. The van der Waals surface area contributed by atoms with Gasteiger partial charge in [-0.1, -0.05) is 6.92 Å². The molecule has 0 amide bonds. The normalized spacial score (nSPS) is 12.6. The molecule has 0 aliphatic rings. The number of methoxy groups -OCH3 is 2. The average Bonchev–Trinajstić information content (AvgIpc) is 3.02. The molecule has 4 aromatic rings. The minimum atomic E-state index is -4.71. The number of nitrogens with zero attached hydrogens (tertiary/aromatic N) is 4.